The second-order valence-electron chi connectivity index (χ2n) is 3.98. The fourth-order valence-corrected chi connectivity index (χ4v) is 1.87. The lowest BCUT2D eigenvalue weighted by atomic mass is 10.1. The zero-order chi connectivity index (χ0) is 11.6. The van der Waals surface area contributed by atoms with Crippen molar-refractivity contribution in [1.82, 2.24) is 9.78 Å². The van der Waals surface area contributed by atoms with Gasteiger partial charge in [0, 0.05) is 7.05 Å². The third-order valence-electron chi connectivity index (χ3n) is 2.20. The van der Waals surface area contributed by atoms with Gasteiger partial charge in [0.25, 0.3) is 11.3 Å². The van der Waals surface area contributed by atoms with E-state index in [2.05, 4.69) is 23.7 Å². The fourth-order valence-electron chi connectivity index (χ4n) is 1.43. The molecule has 5 nitrogen and oxygen atoms in total. The Balaban J connectivity index is 3.03. The number of rotatable bonds is 4. The molecule has 0 saturated heterocycles. The van der Waals surface area contributed by atoms with Gasteiger partial charge in [0.2, 0.25) is 0 Å². The Hall–Kier alpha value is -0.880. The van der Waals surface area contributed by atoms with Gasteiger partial charge in [-0.1, -0.05) is 13.8 Å². The highest BCUT2D eigenvalue weighted by atomic mass is 32.2. The van der Waals surface area contributed by atoms with Crippen LogP contribution in [0.4, 0.5) is 5.69 Å². The molecule has 86 valence electrons. The van der Waals surface area contributed by atoms with Gasteiger partial charge in [0.05, 0.1) is 17.1 Å². The molecule has 1 atom stereocenters. The van der Waals surface area contributed by atoms with Crippen LogP contribution in [0.3, 0.4) is 0 Å². The van der Waals surface area contributed by atoms with E-state index in [9.17, 15) is 4.21 Å². The zero-order valence-corrected chi connectivity index (χ0v) is 10.3. The normalized spacial score (nSPS) is 13.2. The monoisotopic (exact) mass is 231 g/mol. The van der Waals surface area contributed by atoms with Crippen LogP contribution in [0.25, 0.3) is 0 Å². The Morgan fingerprint density at radius 3 is 2.67 bits per heavy atom. The number of nitrogens with one attached hydrogen (secondary N) is 1. The van der Waals surface area contributed by atoms with Gasteiger partial charge in [-0.3, -0.25) is 14.0 Å². The molecule has 1 aromatic rings. The molecule has 1 aromatic heterocycles. The van der Waals surface area contributed by atoms with Gasteiger partial charge >= 0.3 is 0 Å². The summed E-state index contributed by atoms with van der Waals surface area (Å²) in [6.07, 6.45) is 0.793. The Morgan fingerprint density at radius 1 is 1.60 bits per heavy atom. The summed E-state index contributed by atoms with van der Waals surface area (Å²) in [6.45, 7) is 6.04. The Labute approximate surface area is 92.3 Å². The molecule has 0 aromatic carbocycles. The average Bonchev–Trinajstić information content (AvgIpc) is 2.31. The largest absolute Gasteiger partial charge is 0.289 e. The molecule has 2 N–H and O–H groups in total. The molecule has 0 spiro atoms. The Bertz CT molecular complexity index is 374. The Morgan fingerprint density at radius 2 is 2.20 bits per heavy atom. The van der Waals surface area contributed by atoms with E-state index < -0.39 is 11.3 Å². The van der Waals surface area contributed by atoms with E-state index >= 15 is 0 Å². The summed E-state index contributed by atoms with van der Waals surface area (Å²) >= 11 is -2.04. The van der Waals surface area contributed by atoms with Gasteiger partial charge < -0.3 is 0 Å². The van der Waals surface area contributed by atoms with E-state index in [1.807, 2.05) is 14.0 Å². The minimum Gasteiger partial charge on any atom is -0.289 e. The molecule has 1 heterocycles. The summed E-state index contributed by atoms with van der Waals surface area (Å²) in [6, 6.07) is 0. The third kappa shape index (κ3) is 3.04. The van der Waals surface area contributed by atoms with Crippen LogP contribution in [0.15, 0.2) is 0 Å². The maximum Gasteiger partial charge on any atom is 0.259 e. The van der Waals surface area contributed by atoms with Crippen molar-refractivity contribution in [3.63, 3.8) is 0 Å². The fraction of sp³-hybridized carbons (Fsp3) is 0.667. The molecular formula is C9H17N3O2S. The van der Waals surface area contributed by atoms with E-state index in [4.69, 9.17) is 4.55 Å². The molecule has 1 unspecified atom stereocenters. The molecule has 0 radical (unpaired) electrons. The molecular weight excluding hydrogens is 214 g/mol. The molecule has 0 aliphatic carbocycles. The first-order valence-electron chi connectivity index (χ1n) is 4.81. The molecule has 0 aliphatic rings. The van der Waals surface area contributed by atoms with Crippen LogP contribution in [-0.2, 0) is 24.7 Å². The second-order valence-corrected chi connectivity index (χ2v) is 4.68. The highest BCUT2D eigenvalue weighted by molar-refractivity contribution is 7.80. The zero-order valence-electron chi connectivity index (χ0n) is 9.44. The predicted molar refractivity (Wildman–Crippen MR) is 60.9 cm³/mol. The number of nitrogens with zero attached hydrogens (tertiary/aromatic N) is 2. The first-order chi connectivity index (χ1) is 6.91. The molecule has 0 bridgehead atoms. The van der Waals surface area contributed by atoms with Crippen molar-refractivity contribution in [2.45, 2.75) is 27.2 Å². The maximum absolute atomic E-state index is 10.7. The predicted octanol–water partition coefficient (Wildman–Crippen LogP) is 1.48. The first-order valence-corrected chi connectivity index (χ1v) is 5.92. The van der Waals surface area contributed by atoms with E-state index in [-0.39, 0.29) is 0 Å². The van der Waals surface area contributed by atoms with E-state index in [1.54, 1.807) is 4.68 Å². The minimum absolute atomic E-state index is 0.465. The summed E-state index contributed by atoms with van der Waals surface area (Å²) in [4.78, 5) is 0. The molecule has 6 heteroatoms. The van der Waals surface area contributed by atoms with Gasteiger partial charge in [-0.05, 0) is 19.3 Å². The summed E-state index contributed by atoms with van der Waals surface area (Å²) in [5.41, 5.74) is 2.38. The maximum atomic E-state index is 10.7. The van der Waals surface area contributed by atoms with Crippen molar-refractivity contribution in [3.8, 4) is 0 Å². The highest BCUT2D eigenvalue weighted by Crippen LogP contribution is 2.22. The quantitative estimate of drug-likeness (QED) is 0.771. The van der Waals surface area contributed by atoms with Crippen LogP contribution in [0.2, 0.25) is 0 Å². The van der Waals surface area contributed by atoms with Gasteiger partial charge in [-0.2, -0.15) is 5.10 Å². The first kappa shape index (κ1) is 12.2. The third-order valence-corrected chi connectivity index (χ3v) is 2.58. The molecule has 15 heavy (non-hydrogen) atoms. The molecule has 0 amide bonds. The van der Waals surface area contributed by atoms with Crippen LogP contribution in [0, 0.1) is 12.8 Å². The smallest absolute Gasteiger partial charge is 0.259 e. The standard InChI is InChI=1S/C9H17N3O2S/c1-6(2)5-8-9(11-15(13)14)7(3)12(4)10-8/h6,11H,5H2,1-4H3,(H,13,14). The summed E-state index contributed by atoms with van der Waals surface area (Å²) in [7, 11) is 1.82. The van der Waals surface area contributed by atoms with Crippen LogP contribution in [-0.4, -0.2) is 18.5 Å². The molecule has 0 fully saturated rings. The highest BCUT2D eigenvalue weighted by Gasteiger charge is 2.15. The van der Waals surface area contributed by atoms with Crippen molar-refractivity contribution in [3.05, 3.63) is 11.4 Å². The number of aromatic nitrogens is 2. The van der Waals surface area contributed by atoms with Crippen LogP contribution >= 0.6 is 0 Å². The summed E-state index contributed by atoms with van der Waals surface area (Å²) in [5.74, 6) is 0.465. The van der Waals surface area contributed by atoms with Gasteiger partial charge in [-0.25, -0.2) is 4.21 Å². The lowest BCUT2D eigenvalue weighted by molar-refractivity contribution is 0.570. The lowest BCUT2D eigenvalue weighted by Crippen LogP contribution is -2.06. The molecule has 1 rings (SSSR count). The SMILES string of the molecule is Cc1c(NS(=O)O)c(CC(C)C)nn1C. The van der Waals surface area contributed by atoms with Crippen molar-refractivity contribution in [1.29, 1.82) is 0 Å². The Kier molecular flexibility index (Phi) is 3.87. The number of aryl methyl sites for hydroxylation is 1. The van der Waals surface area contributed by atoms with Crippen molar-refractivity contribution >= 4 is 17.0 Å². The topological polar surface area (TPSA) is 67.2 Å². The summed E-state index contributed by atoms with van der Waals surface area (Å²) < 4.78 is 23.8. The molecule has 0 aliphatic heterocycles. The van der Waals surface area contributed by atoms with E-state index in [0.29, 0.717) is 11.6 Å². The van der Waals surface area contributed by atoms with Gasteiger partial charge in [0.15, 0.2) is 0 Å². The van der Waals surface area contributed by atoms with Gasteiger partial charge in [0.1, 0.15) is 0 Å². The number of hydrogen-bond donors (Lipinski definition) is 2. The van der Waals surface area contributed by atoms with Crippen LogP contribution < -0.4 is 4.72 Å². The van der Waals surface area contributed by atoms with Crippen molar-refractivity contribution in [2.24, 2.45) is 13.0 Å². The van der Waals surface area contributed by atoms with E-state index in [1.165, 1.54) is 0 Å². The minimum atomic E-state index is -2.04. The molecule has 0 saturated carbocycles. The van der Waals surface area contributed by atoms with Gasteiger partial charge in [-0.15, -0.1) is 0 Å². The van der Waals surface area contributed by atoms with E-state index in [0.717, 1.165) is 17.8 Å². The average molecular weight is 231 g/mol. The lowest BCUT2D eigenvalue weighted by Gasteiger charge is -2.05. The van der Waals surface area contributed by atoms with Crippen molar-refractivity contribution in [2.75, 3.05) is 4.72 Å². The van der Waals surface area contributed by atoms with Crippen LogP contribution in [0.5, 0.6) is 0 Å². The second kappa shape index (κ2) is 4.76. The summed E-state index contributed by atoms with van der Waals surface area (Å²) in [5, 5.41) is 4.31. The van der Waals surface area contributed by atoms with Crippen molar-refractivity contribution < 1.29 is 8.76 Å². The van der Waals surface area contributed by atoms with Crippen LogP contribution in [0.1, 0.15) is 25.2 Å². The number of anilines is 1. The number of hydrogen-bond acceptors (Lipinski definition) is 2.